The molecule has 0 bridgehead atoms. The van der Waals surface area contributed by atoms with Crippen molar-refractivity contribution in [3.05, 3.63) is 89.0 Å². The molecule has 9 heteroatoms. The summed E-state index contributed by atoms with van der Waals surface area (Å²) < 4.78 is 54.8. The molecule has 0 unspecified atom stereocenters. The Morgan fingerprint density at radius 1 is 0.771 bits per heavy atom. The van der Waals surface area contributed by atoms with Crippen LogP contribution in [0.5, 0.6) is 0 Å². The van der Waals surface area contributed by atoms with Gasteiger partial charge in [0.15, 0.2) is 9.84 Å². The summed E-state index contributed by atoms with van der Waals surface area (Å²) >= 11 is 0. The third kappa shape index (κ3) is 6.93. The van der Waals surface area contributed by atoms with E-state index in [0.29, 0.717) is 0 Å². The van der Waals surface area contributed by atoms with E-state index in [2.05, 4.69) is 10.0 Å². The maximum atomic E-state index is 13.2. The molecule has 3 aromatic rings. The minimum atomic E-state index is -3.99. The second kappa shape index (κ2) is 9.83. The highest BCUT2D eigenvalue weighted by atomic mass is 32.2. The van der Waals surface area contributed by atoms with Crippen LogP contribution in [0.2, 0.25) is 0 Å². The van der Waals surface area contributed by atoms with Crippen LogP contribution >= 0.6 is 0 Å². The van der Waals surface area contributed by atoms with E-state index >= 15 is 0 Å². The van der Waals surface area contributed by atoms with Crippen LogP contribution in [0, 0.1) is 13.8 Å². The molecule has 186 valence electrons. The SMILES string of the molecule is Cc1ccc(S(=O)(=O)Cc2cc(C(=O)NC(C)(C)C)ccc2NS(=O)(=O)c2ccc(C)cc2)cc1. The fraction of sp³-hybridized carbons (Fsp3) is 0.269. The highest BCUT2D eigenvalue weighted by Gasteiger charge is 2.23. The first-order chi connectivity index (χ1) is 16.2. The molecule has 0 aliphatic heterocycles. The van der Waals surface area contributed by atoms with Crippen molar-refractivity contribution in [2.75, 3.05) is 4.72 Å². The van der Waals surface area contributed by atoms with E-state index in [9.17, 15) is 21.6 Å². The van der Waals surface area contributed by atoms with Gasteiger partial charge in [-0.2, -0.15) is 0 Å². The quantitative estimate of drug-likeness (QED) is 0.479. The number of rotatable bonds is 7. The topological polar surface area (TPSA) is 109 Å². The first-order valence-electron chi connectivity index (χ1n) is 11.0. The van der Waals surface area contributed by atoms with Gasteiger partial charge in [-0.25, -0.2) is 16.8 Å². The third-order valence-electron chi connectivity index (χ3n) is 5.16. The largest absolute Gasteiger partial charge is 0.347 e. The highest BCUT2D eigenvalue weighted by molar-refractivity contribution is 7.92. The molecule has 7 nitrogen and oxygen atoms in total. The van der Waals surface area contributed by atoms with Crippen LogP contribution in [0.15, 0.2) is 76.5 Å². The summed E-state index contributed by atoms with van der Waals surface area (Å²) in [5.41, 5.74) is 1.81. The number of carbonyl (C=O) groups is 1. The number of sulfone groups is 1. The molecule has 0 aliphatic rings. The number of benzene rings is 3. The van der Waals surface area contributed by atoms with E-state index in [1.807, 2.05) is 34.6 Å². The predicted octanol–water partition coefficient (Wildman–Crippen LogP) is 4.61. The molecule has 0 atom stereocenters. The summed E-state index contributed by atoms with van der Waals surface area (Å²) in [4.78, 5) is 12.9. The smallest absolute Gasteiger partial charge is 0.261 e. The van der Waals surface area contributed by atoms with Crippen LogP contribution in [0.25, 0.3) is 0 Å². The molecule has 0 heterocycles. The fourth-order valence-corrected chi connectivity index (χ4v) is 5.79. The summed E-state index contributed by atoms with van der Waals surface area (Å²) in [5.74, 6) is -0.877. The standard InChI is InChI=1S/C26H30N2O5S2/c1-18-6-11-22(12-7-18)34(30,31)17-21-16-20(25(29)27-26(3,4)5)10-15-24(21)28-35(32,33)23-13-8-19(2)9-14-23/h6-16,28H,17H2,1-5H3,(H,27,29). The van der Waals surface area contributed by atoms with Crippen molar-refractivity contribution in [2.24, 2.45) is 0 Å². The molecule has 3 rings (SSSR count). The van der Waals surface area contributed by atoms with Gasteiger partial charge in [0.1, 0.15) is 0 Å². The summed E-state index contributed by atoms with van der Waals surface area (Å²) in [7, 11) is -7.81. The minimum Gasteiger partial charge on any atom is -0.347 e. The number of carbonyl (C=O) groups excluding carboxylic acids is 1. The van der Waals surface area contributed by atoms with Crippen molar-refractivity contribution in [1.29, 1.82) is 0 Å². The van der Waals surface area contributed by atoms with Crippen LogP contribution in [-0.4, -0.2) is 28.3 Å². The average molecular weight is 515 g/mol. The van der Waals surface area contributed by atoms with Crippen molar-refractivity contribution in [3.8, 4) is 0 Å². The Bertz CT molecular complexity index is 1440. The molecule has 1 amide bonds. The second-order valence-electron chi connectivity index (χ2n) is 9.57. The predicted molar refractivity (Wildman–Crippen MR) is 138 cm³/mol. The monoisotopic (exact) mass is 514 g/mol. The van der Waals surface area contributed by atoms with Gasteiger partial charge in [0.2, 0.25) is 0 Å². The van der Waals surface area contributed by atoms with E-state index < -0.39 is 31.2 Å². The minimum absolute atomic E-state index is 0.0463. The Kier molecular flexibility index (Phi) is 7.42. The van der Waals surface area contributed by atoms with E-state index in [-0.39, 0.29) is 32.5 Å². The number of amides is 1. The van der Waals surface area contributed by atoms with Gasteiger partial charge in [-0.3, -0.25) is 9.52 Å². The molecule has 0 aromatic heterocycles. The van der Waals surface area contributed by atoms with Gasteiger partial charge in [0.05, 0.1) is 21.2 Å². The molecule has 0 saturated heterocycles. The average Bonchev–Trinajstić information content (AvgIpc) is 2.74. The number of hydrogen-bond donors (Lipinski definition) is 2. The zero-order chi connectivity index (χ0) is 26.0. The van der Waals surface area contributed by atoms with E-state index in [1.54, 1.807) is 24.3 Å². The Balaban J connectivity index is 2.04. The van der Waals surface area contributed by atoms with Crippen LogP contribution in [0.4, 0.5) is 5.69 Å². The van der Waals surface area contributed by atoms with Crippen molar-refractivity contribution < 1.29 is 21.6 Å². The Hall–Kier alpha value is -3.17. The van der Waals surface area contributed by atoms with Gasteiger partial charge in [-0.1, -0.05) is 35.4 Å². The molecule has 0 saturated carbocycles. The van der Waals surface area contributed by atoms with E-state index in [4.69, 9.17) is 0 Å². The molecule has 0 fully saturated rings. The molecule has 0 spiro atoms. The van der Waals surface area contributed by atoms with E-state index in [1.165, 1.54) is 42.5 Å². The Labute approximate surface area is 207 Å². The molecule has 35 heavy (non-hydrogen) atoms. The van der Waals surface area contributed by atoms with Crippen molar-refractivity contribution in [2.45, 2.75) is 55.7 Å². The lowest BCUT2D eigenvalue weighted by Crippen LogP contribution is -2.40. The van der Waals surface area contributed by atoms with Crippen LogP contribution in [-0.2, 0) is 25.6 Å². The molecule has 2 N–H and O–H groups in total. The first kappa shape index (κ1) is 26.4. The van der Waals surface area contributed by atoms with Crippen LogP contribution in [0.1, 0.15) is 47.8 Å². The molecule has 3 aromatic carbocycles. The maximum Gasteiger partial charge on any atom is 0.261 e. The van der Waals surface area contributed by atoms with E-state index in [0.717, 1.165) is 11.1 Å². The van der Waals surface area contributed by atoms with Gasteiger partial charge in [-0.15, -0.1) is 0 Å². The van der Waals surface area contributed by atoms with Gasteiger partial charge in [0.25, 0.3) is 15.9 Å². The van der Waals surface area contributed by atoms with Crippen molar-refractivity contribution >= 4 is 31.5 Å². The Morgan fingerprint density at radius 3 is 1.80 bits per heavy atom. The Morgan fingerprint density at radius 2 is 1.29 bits per heavy atom. The summed E-state index contributed by atoms with van der Waals surface area (Å²) in [5, 5.41) is 2.84. The van der Waals surface area contributed by atoms with Gasteiger partial charge < -0.3 is 5.32 Å². The lowest BCUT2D eigenvalue weighted by atomic mass is 10.1. The second-order valence-corrected chi connectivity index (χ2v) is 13.2. The number of hydrogen-bond acceptors (Lipinski definition) is 5. The zero-order valence-corrected chi connectivity index (χ0v) is 22.0. The number of sulfonamides is 1. The molecular formula is C26H30N2O5S2. The van der Waals surface area contributed by atoms with Crippen LogP contribution < -0.4 is 10.0 Å². The van der Waals surface area contributed by atoms with Gasteiger partial charge >= 0.3 is 0 Å². The number of anilines is 1. The molecular weight excluding hydrogens is 484 g/mol. The zero-order valence-electron chi connectivity index (χ0n) is 20.4. The maximum absolute atomic E-state index is 13.2. The highest BCUT2D eigenvalue weighted by Crippen LogP contribution is 2.27. The lowest BCUT2D eigenvalue weighted by molar-refractivity contribution is 0.0919. The van der Waals surface area contributed by atoms with Crippen LogP contribution in [0.3, 0.4) is 0 Å². The summed E-state index contributed by atoms with van der Waals surface area (Å²) in [6.45, 7) is 9.19. The third-order valence-corrected chi connectivity index (χ3v) is 8.22. The lowest BCUT2D eigenvalue weighted by Gasteiger charge is -2.21. The number of nitrogens with one attached hydrogen (secondary N) is 2. The normalized spacial score (nSPS) is 12.3. The van der Waals surface area contributed by atoms with Crippen molar-refractivity contribution in [1.82, 2.24) is 5.32 Å². The summed E-state index contributed by atoms with van der Waals surface area (Å²) in [6, 6.07) is 17.0. The van der Waals surface area contributed by atoms with Gasteiger partial charge in [-0.05, 0) is 82.6 Å². The van der Waals surface area contributed by atoms with Gasteiger partial charge in [0, 0.05) is 11.1 Å². The van der Waals surface area contributed by atoms with Crippen molar-refractivity contribution in [3.63, 3.8) is 0 Å². The summed E-state index contributed by atoms with van der Waals surface area (Å²) in [6.07, 6.45) is 0. The first-order valence-corrected chi connectivity index (χ1v) is 14.1. The molecule has 0 radical (unpaired) electrons. The fourth-order valence-electron chi connectivity index (χ4n) is 3.32. The number of aryl methyl sites for hydroxylation is 2. The molecule has 0 aliphatic carbocycles.